The Kier molecular flexibility index (Phi) is 2.97. The first kappa shape index (κ1) is 10.5. The van der Waals surface area contributed by atoms with Gasteiger partial charge in [0.15, 0.2) is 10.8 Å². The van der Waals surface area contributed by atoms with Gasteiger partial charge in [0.25, 0.3) is 0 Å². The van der Waals surface area contributed by atoms with E-state index in [-0.39, 0.29) is 0 Å². The van der Waals surface area contributed by atoms with Crippen LogP contribution in [0, 0.1) is 11.3 Å². The molecule has 0 amide bonds. The van der Waals surface area contributed by atoms with E-state index < -0.39 is 0 Å². The third-order valence-electron chi connectivity index (χ3n) is 3.16. The van der Waals surface area contributed by atoms with Gasteiger partial charge in [-0.1, -0.05) is 30.9 Å². The lowest BCUT2D eigenvalue weighted by molar-refractivity contribution is 0.421. The van der Waals surface area contributed by atoms with Crippen LogP contribution in [-0.4, -0.2) is 9.55 Å². The first-order chi connectivity index (χ1) is 7.24. The molecule has 0 unspecified atom stereocenters. The van der Waals surface area contributed by atoms with Gasteiger partial charge in [0, 0.05) is 13.0 Å². The number of nitrogens with zero attached hydrogens (tertiary/aromatic N) is 3. The first-order valence-electron chi connectivity index (χ1n) is 5.36. The van der Waals surface area contributed by atoms with Crippen molar-refractivity contribution in [3.63, 3.8) is 0 Å². The summed E-state index contributed by atoms with van der Waals surface area (Å²) in [5, 5.41) is 9.26. The Hall–Kier alpha value is -1.01. The summed E-state index contributed by atoms with van der Waals surface area (Å²) in [6.45, 7) is 0. The van der Waals surface area contributed by atoms with Crippen LogP contribution in [0.25, 0.3) is 0 Å². The number of imidazole rings is 1. The molecule has 0 saturated heterocycles. The molecule has 4 heteroatoms. The predicted molar refractivity (Wildman–Crippen MR) is 58.8 cm³/mol. The number of hydrogen-bond donors (Lipinski definition) is 0. The maximum atomic E-state index is 8.92. The fraction of sp³-hybridized carbons (Fsp3) is 0.636. The second kappa shape index (κ2) is 4.24. The third kappa shape index (κ3) is 1.87. The van der Waals surface area contributed by atoms with Crippen LogP contribution in [0.15, 0.2) is 0 Å². The third-order valence-corrected chi connectivity index (χ3v) is 3.43. The second-order valence-electron chi connectivity index (χ2n) is 4.12. The topological polar surface area (TPSA) is 41.6 Å². The Morgan fingerprint density at radius 3 is 2.60 bits per heavy atom. The summed E-state index contributed by atoms with van der Waals surface area (Å²) in [7, 11) is 1.88. The van der Waals surface area contributed by atoms with Crippen LogP contribution in [0.4, 0.5) is 0 Å². The average Bonchev–Trinajstić information content (AvgIpc) is 2.55. The zero-order valence-electron chi connectivity index (χ0n) is 8.83. The summed E-state index contributed by atoms with van der Waals surface area (Å²) in [4.78, 5) is 4.31. The quantitative estimate of drug-likeness (QED) is 0.735. The molecule has 1 aromatic rings. The van der Waals surface area contributed by atoms with Gasteiger partial charge in [-0.05, 0) is 12.8 Å². The fourth-order valence-corrected chi connectivity index (χ4v) is 2.58. The summed E-state index contributed by atoms with van der Waals surface area (Å²) in [6, 6.07) is 2.09. The minimum absolute atomic E-state index is 0.348. The molecule has 0 aromatic carbocycles. The Morgan fingerprint density at radius 1 is 1.40 bits per heavy atom. The number of aromatic nitrogens is 2. The van der Waals surface area contributed by atoms with Crippen molar-refractivity contribution in [1.82, 2.24) is 9.55 Å². The highest BCUT2D eigenvalue weighted by molar-refractivity contribution is 6.30. The summed E-state index contributed by atoms with van der Waals surface area (Å²) < 4.78 is 1.85. The molecule has 3 nitrogen and oxygen atoms in total. The van der Waals surface area contributed by atoms with Gasteiger partial charge < -0.3 is 4.57 Å². The zero-order valence-corrected chi connectivity index (χ0v) is 9.59. The largest absolute Gasteiger partial charge is 0.321 e. The fourth-order valence-electron chi connectivity index (χ4n) is 2.33. The van der Waals surface area contributed by atoms with E-state index in [1.807, 2.05) is 11.6 Å². The van der Waals surface area contributed by atoms with Crippen molar-refractivity contribution in [1.29, 1.82) is 5.26 Å². The highest BCUT2D eigenvalue weighted by atomic mass is 35.5. The first-order valence-corrected chi connectivity index (χ1v) is 5.74. The standard InChI is InChI=1S/C11H14ClN3/c1-15-9(7-13)10(12)14-11(15)8-5-3-2-4-6-8/h8H,2-6H2,1H3. The van der Waals surface area contributed by atoms with Gasteiger partial charge in [0.2, 0.25) is 0 Å². The predicted octanol–water partition coefficient (Wildman–Crippen LogP) is 2.99. The van der Waals surface area contributed by atoms with Crippen LogP contribution in [0.2, 0.25) is 5.15 Å². The Bertz CT molecular complexity index is 397. The van der Waals surface area contributed by atoms with Gasteiger partial charge in [-0.15, -0.1) is 0 Å². The average molecular weight is 224 g/mol. The summed E-state index contributed by atoms with van der Waals surface area (Å²) in [6.07, 6.45) is 6.19. The number of halogens is 1. The molecule has 1 aliphatic rings. The second-order valence-corrected chi connectivity index (χ2v) is 4.47. The molecule has 0 spiro atoms. The molecule has 0 atom stereocenters. The maximum absolute atomic E-state index is 8.92. The minimum atomic E-state index is 0.348. The van der Waals surface area contributed by atoms with Crippen LogP contribution >= 0.6 is 11.6 Å². The zero-order chi connectivity index (χ0) is 10.8. The number of nitriles is 1. The molecule has 1 heterocycles. The van der Waals surface area contributed by atoms with Crippen LogP contribution in [0.3, 0.4) is 0 Å². The summed E-state index contributed by atoms with van der Waals surface area (Å²) in [5.74, 6) is 1.47. The van der Waals surface area contributed by atoms with E-state index in [4.69, 9.17) is 16.9 Å². The lowest BCUT2D eigenvalue weighted by Gasteiger charge is -2.20. The van der Waals surface area contributed by atoms with Crippen LogP contribution < -0.4 is 0 Å². The highest BCUT2D eigenvalue weighted by Gasteiger charge is 2.22. The van der Waals surface area contributed by atoms with Crippen LogP contribution in [0.1, 0.15) is 49.5 Å². The van der Waals surface area contributed by atoms with Gasteiger partial charge in [0.05, 0.1) is 0 Å². The highest BCUT2D eigenvalue weighted by Crippen LogP contribution is 2.33. The van der Waals surface area contributed by atoms with E-state index in [2.05, 4.69) is 11.1 Å². The summed E-state index contributed by atoms with van der Waals surface area (Å²) >= 11 is 5.92. The van der Waals surface area contributed by atoms with Crippen molar-refractivity contribution in [3.8, 4) is 6.07 Å². The van der Waals surface area contributed by atoms with Crippen molar-refractivity contribution in [2.24, 2.45) is 7.05 Å². The van der Waals surface area contributed by atoms with Crippen molar-refractivity contribution in [2.75, 3.05) is 0 Å². The van der Waals surface area contributed by atoms with E-state index >= 15 is 0 Å². The molecule has 0 aliphatic heterocycles. The van der Waals surface area contributed by atoms with Gasteiger partial charge in [-0.25, -0.2) is 4.98 Å². The lowest BCUT2D eigenvalue weighted by atomic mass is 9.89. The molecule has 1 saturated carbocycles. The van der Waals surface area contributed by atoms with Crippen LogP contribution in [-0.2, 0) is 7.05 Å². The Morgan fingerprint density at radius 2 is 2.07 bits per heavy atom. The molecule has 0 radical (unpaired) electrons. The molecule has 0 bridgehead atoms. The van der Waals surface area contributed by atoms with Crippen molar-refractivity contribution in [3.05, 3.63) is 16.7 Å². The van der Waals surface area contributed by atoms with E-state index in [9.17, 15) is 0 Å². The minimum Gasteiger partial charge on any atom is -0.321 e. The van der Waals surface area contributed by atoms with E-state index in [1.165, 1.54) is 32.1 Å². The van der Waals surface area contributed by atoms with Gasteiger partial charge in [-0.2, -0.15) is 5.26 Å². The van der Waals surface area contributed by atoms with E-state index in [0.717, 1.165) is 5.82 Å². The SMILES string of the molecule is Cn1c(C2CCCCC2)nc(Cl)c1C#N. The molecule has 2 rings (SSSR count). The van der Waals surface area contributed by atoms with Gasteiger partial charge >= 0.3 is 0 Å². The monoisotopic (exact) mass is 223 g/mol. The number of rotatable bonds is 1. The van der Waals surface area contributed by atoms with Crippen molar-refractivity contribution >= 4 is 11.6 Å². The van der Waals surface area contributed by atoms with Gasteiger partial charge in [-0.3, -0.25) is 0 Å². The normalized spacial score (nSPS) is 17.7. The summed E-state index contributed by atoms with van der Waals surface area (Å²) in [5.41, 5.74) is 0.484. The molecular weight excluding hydrogens is 210 g/mol. The van der Waals surface area contributed by atoms with Gasteiger partial charge in [0.1, 0.15) is 11.9 Å². The smallest absolute Gasteiger partial charge is 0.165 e. The van der Waals surface area contributed by atoms with E-state index in [1.54, 1.807) is 0 Å². The molecular formula is C11H14ClN3. The molecule has 0 N–H and O–H groups in total. The molecule has 1 fully saturated rings. The van der Waals surface area contributed by atoms with Crippen molar-refractivity contribution < 1.29 is 0 Å². The number of hydrogen-bond acceptors (Lipinski definition) is 2. The Balaban J connectivity index is 2.32. The molecule has 1 aromatic heterocycles. The van der Waals surface area contributed by atoms with Crippen LogP contribution in [0.5, 0.6) is 0 Å². The van der Waals surface area contributed by atoms with Crippen molar-refractivity contribution in [2.45, 2.75) is 38.0 Å². The lowest BCUT2D eigenvalue weighted by Crippen LogP contribution is -2.10. The molecule has 80 valence electrons. The molecule has 1 aliphatic carbocycles. The maximum Gasteiger partial charge on any atom is 0.165 e. The molecule has 15 heavy (non-hydrogen) atoms. The Labute approximate surface area is 94.7 Å². The van der Waals surface area contributed by atoms with E-state index in [0.29, 0.717) is 16.8 Å².